The molecule has 130 valence electrons. The summed E-state index contributed by atoms with van der Waals surface area (Å²) in [6, 6.07) is 2.07. The fourth-order valence-electron chi connectivity index (χ4n) is 3.64. The van der Waals surface area contributed by atoms with Crippen LogP contribution in [0, 0.1) is 12.8 Å². The van der Waals surface area contributed by atoms with Gasteiger partial charge in [-0.05, 0) is 38.5 Å². The molecule has 0 atom stereocenters. The molecule has 0 N–H and O–H groups in total. The Bertz CT molecular complexity index is 601. The Kier molecular flexibility index (Phi) is 4.29. The molecule has 2 saturated heterocycles. The van der Waals surface area contributed by atoms with Crippen molar-refractivity contribution >= 4 is 17.7 Å². The Morgan fingerprint density at radius 3 is 2.42 bits per heavy atom. The molecule has 1 aliphatic carbocycles. The van der Waals surface area contributed by atoms with Crippen LogP contribution in [-0.2, 0) is 4.79 Å². The average molecular weight is 329 g/mol. The molecule has 1 saturated carbocycles. The van der Waals surface area contributed by atoms with Crippen molar-refractivity contribution < 1.29 is 4.79 Å². The maximum atomic E-state index is 12.2. The number of amides is 1. The molecule has 24 heavy (non-hydrogen) atoms. The number of anilines is 2. The first-order valence-electron chi connectivity index (χ1n) is 9.32. The van der Waals surface area contributed by atoms with Crippen LogP contribution in [-0.4, -0.2) is 60.0 Å². The van der Waals surface area contributed by atoms with Crippen LogP contribution in [0.2, 0.25) is 0 Å². The van der Waals surface area contributed by atoms with Gasteiger partial charge in [0, 0.05) is 57.4 Å². The maximum absolute atomic E-state index is 12.2. The number of carbonyl (C=O) groups is 1. The zero-order chi connectivity index (χ0) is 16.5. The van der Waals surface area contributed by atoms with Crippen LogP contribution in [0.1, 0.15) is 37.8 Å². The van der Waals surface area contributed by atoms with Gasteiger partial charge in [-0.15, -0.1) is 0 Å². The van der Waals surface area contributed by atoms with Crippen molar-refractivity contribution in [2.45, 2.75) is 39.0 Å². The summed E-state index contributed by atoms with van der Waals surface area (Å²) in [5, 5.41) is 0. The van der Waals surface area contributed by atoms with Crippen LogP contribution in [0.3, 0.4) is 0 Å². The van der Waals surface area contributed by atoms with Crippen LogP contribution in [0.25, 0.3) is 0 Å². The number of nitrogens with zero attached hydrogens (tertiary/aromatic N) is 5. The lowest BCUT2D eigenvalue weighted by molar-refractivity contribution is -0.131. The second-order valence-corrected chi connectivity index (χ2v) is 7.38. The van der Waals surface area contributed by atoms with Crippen molar-refractivity contribution in [3.8, 4) is 0 Å². The third-order valence-electron chi connectivity index (χ3n) is 5.33. The highest BCUT2D eigenvalue weighted by molar-refractivity contribution is 5.77. The smallest absolute Gasteiger partial charge is 0.227 e. The molecule has 0 radical (unpaired) electrons. The van der Waals surface area contributed by atoms with Crippen LogP contribution in [0.5, 0.6) is 0 Å². The molecule has 6 nitrogen and oxygen atoms in total. The molecule has 1 aromatic rings. The molecule has 3 heterocycles. The number of rotatable bonds is 4. The van der Waals surface area contributed by atoms with Gasteiger partial charge >= 0.3 is 0 Å². The Morgan fingerprint density at radius 2 is 1.75 bits per heavy atom. The first-order valence-corrected chi connectivity index (χ1v) is 9.32. The minimum atomic E-state index is 0.341. The standard InChI is InChI=1S/C18H27N5O/c1-14-12-16(20-18(19-14)23-6-2-3-7-23)21-8-10-22(11-9-21)17(24)13-15-4-5-15/h12,15H,2-11,13H2,1H3. The Labute approximate surface area is 143 Å². The summed E-state index contributed by atoms with van der Waals surface area (Å²) in [6.45, 7) is 7.53. The molecule has 1 aromatic heterocycles. The molecule has 2 aliphatic heterocycles. The molecule has 4 rings (SSSR count). The number of hydrogen-bond acceptors (Lipinski definition) is 5. The second kappa shape index (κ2) is 6.57. The molecule has 0 unspecified atom stereocenters. The summed E-state index contributed by atoms with van der Waals surface area (Å²) < 4.78 is 0. The maximum Gasteiger partial charge on any atom is 0.227 e. The molecule has 3 fully saturated rings. The van der Waals surface area contributed by atoms with Gasteiger partial charge in [-0.25, -0.2) is 4.98 Å². The summed E-state index contributed by atoms with van der Waals surface area (Å²) >= 11 is 0. The third-order valence-corrected chi connectivity index (χ3v) is 5.33. The zero-order valence-corrected chi connectivity index (χ0v) is 14.6. The summed E-state index contributed by atoms with van der Waals surface area (Å²) in [4.78, 5) is 28.3. The van der Waals surface area contributed by atoms with Crippen molar-refractivity contribution in [1.82, 2.24) is 14.9 Å². The molecule has 0 aromatic carbocycles. The van der Waals surface area contributed by atoms with E-state index in [0.29, 0.717) is 11.8 Å². The highest BCUT2D eigenvalue weighted by Gasteiger charge is 2.29. The van der Waals surface area contributed by atoms with E-state index in [-0.39, 0.29) is 0 Å². The van der Waals surface area contributed by atoms with E-state index in [1.165, 1.54) is 25.7 Å². The number of piperazine rings is 1. The summed E-state index contributed by atoms with van der Waals surface area (Å²) in [6.07, 6.45) is 5.70. The van der Waals surface area contributed by atoms with Gasteiger partial charge in [0.15, 0.2) is 0 Å². The zero-order valence-electron chi connectivity index (χ0n) is 14.6. The quantitative estimate of drug-likeness (QED) is 0.843. The predicted octanol–water partition coefficient (Wildman–Crippen LogP) is 1.83. The van der Waals surface area contributed by atoms with Crippen LogP contribution >= 0.6 is 0 Å². The van der Waals surface area contributed by atoms with E-state index in [1.807, 2.05) is 11.8 Å². The summed E-state index contributed by atoms with van der Waals surface area (Å²) in [5.41, 5.74) is 1.02. The van der Waals surface area contributed by atoms with Gasteiger partial charge in [-0.1, -0.05) is 0 Å². The highest BCUT2D eigenvalue weighted by atomic mass is 16.2. The van der Waals surface area contributed by atoms with Gasteiger partial charge in [0.25, 0.3) is 0 Å². The molecule has 1 amide bonds. The lowest BCUT2D eigenvalue weighted by Crippen LogP contribution is -2.49. The lowest BCUT2D eigenvalue weighted by atomic mass is 10.2. The van der Waals surface area contributed by atoms with Crippen molar-refractivity contribution in [2.24, 2.45) is 5.92 Å². The topological polar surface area (TPSA) is 52.6 Å². The monoisotopic (exact) mass is 329 g/mol. The first-order chi connectivity index (χ1) is 11.7. The van der Waals surface area contributed by atoms with Gasteiger partial charge < -0.3 is 14.7 Å². The van der Waals surface area contributed by atoms with E-state index in [0.717, 1.165) is 63.1 Å². The van der Waals surface area contributed by atoms with Crippen LogP contribution in [0.4, 0.5) is 11.8 Å². The minimum absolute atomic E-state index is 0.341. The van der Waals surface area contributed by atoms with E-state index in [1.54, 1.807) is 0 Å². The number of aromatic nitrogens is 2. The molecule has 0 spiro atoms. The van der Waals surface area contributed by atoms with Gasteiger partial charge in [-0.2, -0.15) is 4.98 Å². The Morgan fingerprint density at radius 1 is 1.04 bits per heavy atom. The first kappa shape index (κ1) is 15.7. The Balaban J connectivity index is 1.40. The molecular formula is C18H27N5O. The van der Waals surface area contributed by atoms with Crippen LogP contribution in [0.15, 0.2) is 6.07 Å². The second-order valence-electron chi connectivity index (χ2n) is 7.38. The van der Waals surface area contributed by atoms with Gasteiger partial charge in [0.2, 0.25) is 11.9 Å². The SMILES string of the molecule is Cc1cc(N2CCN(C(=O)CC3CC3)CC2)nc(N2CCCC2)n1. The summed E-state index contributed by atoms with van der Waals surface area (Å²) in [7, 11) is 0. The fraction of sp³-hybridized carbons (Fsp3) is 0.722. The van der Waals surface area contributed by atoms with E-state index >= 15 is 0 Å². The van der Waals surface area contributed by atoms with Crippen LogP contribution < -0.4 is 9.80 Å². The molecule has 6 heteroatoms. The van der Waals surface area contributed by atoms with Gasteiger partial charge in [0.05, 0.1) is 0 Å². The van der Waals surface area contributed by atoms with E-state index in [9.17, 15) is 4.79 Å². The number of aryl methyl sites for hydroxylation is 1. The van der Waals surface area contributed by atoms with E-state index in [4.69, 9.17) is 4.98 Å². The highest BCUT2D eigenvalue weighted by Crippen LogP contribution is 2.33. The van der Waals surface area contributed by atoms with Crippen molar-refractivity contribution in [3.05, 3.63) is 11.8 Å². The number of hydrogen-bond donors (Lipinski definition) is 0. The largest absolute Gasteiger partial charge is 0.353 e. The van der Waals surface area contributed by atoms with Gasteiger partial charge in [-0.3, -0.25) is 4.79 Å². The van der Waals surface area contributed by atoms with E-state index in [2.05, 4.69) is 20.9 Å². The van der Waals surface area contributed by atoms with E-state index < -0.39 is 0 Å². The third kappa shape index (κ3) is 3.47. The minimum Gasteiger partial charge on any atom is -0.353 e. The fourth-order valence-corrected chi connectivity index (χ4v) is 3.64. The average Bonchev–Trinajstić information content (AvgIpc) is 3.23. The number of carbonyl (C=O) groups excluding carboxylic acids is 1. The molecule has 3 aliphatic rings. The van der Waals surface area contributed by atoms with Crippen molar-refractivity contribution in [3.63, 3.8) is 0 Å². The normalized spacial score (nSPS) is 21.5. The lowest BCUT2D eigenvalue weighted by Gasteiger charge is -2.36. The summed E-state index contributed by atoms with van der Waals surface area (Å²) in [5.74, 6) is 2.89. The molecule has 0 bridgehead atoms. The van der Waals surface area contributed by atoms with Crippen molar-refractivity contribution in [1.29, 1.82) is 0 Å². The van der Waals surface area contributed by atoms with Crippen molar-refractivity contribution in [2.75, 3.05) is 49.1 Å². The molecular weight excluding hydrogens is 302 g/mol. The predicted molar refractivity (Wildman–Crippen MR) is 94.4 cm³/mol. The van der Waals surface area contributed by atoms with Gasteiger partial charge in [0.1, 0.15) is 5.82 Å². The Hall–Kier alpha value is -1.85.